The van der Waals surface area contributed by atoms with Gasteiger partial charge in [0.05, 0.1) is 20.3 Å². The minimum Gasteiger partial charge on any atom is -0.378 e. The minimum atomic E-state index is -0.380. The summed E-state index contributed by atoms with van der Waals surface area (Å²) in [6.07, 6.45) is 0. The van der Waals surface area contributed by atoms with Crippen LogP contribution in [0.4, 0.5) is 11.4 Å². The molecular formula is C18H27N4O4+. The number of amides is 3. The molecule has 0 saturated carbocycles. The maximum atomic E-state index is 12.4. The number of morpholine rings is 1. The van der Waals surface area contributed by atoms with Crippen LogP contribution in [0.1, 0.15) is 13.8 Å². The molecule has 1 heterocycles. The molecule has 8 nitrogen and oxygen atoms in total. The van der Waals surface area contributed by atoms with Crippen molar-refractivity contribution < 1.29 is 24.0 Å². The SMILES string of the molecule is CC(=O)Nc1ccc(NC(=O)[C@H](C)[NH+](C)CC(=O)N2CCOCC2)cc1. The Balaban J connectivity index is 1.85. The average molecular weight is 363 g/mol. The molecule has 1 saturated heterocycles. The monoisotopic (exact) mass is 363 g/mol. The van der Waals surface area contributed by atoms with E-state index in [0.29, 0.717) is 37.7 Å². The van der Waals surface area contributed by atoms with Crippen LogP contribution in [0.2, 0.25) is 0 Å². The van der Waals surface area contributed by atoms with Crippen LogP contribution in [-0.2, 0) is 19.1 Å². The summed E-state index contributed by atoms with van der Waals surface area (Å²) in [5.41, 5.74) is 1.31. The van der Waals surface area contributed by atoms with Gasteiger partial charge in [0.2, 0.25) is 5.91 Å². The number of ether oxygens (including phenoxy) is 1. The molecule has 1 aliphatic heterocycles. The molecule has 2 atom stereocenters. The average Bonchev–Trinajstić information content (AvgIpc) is 2.62. The molecule has 3 amide bonds. The van der Waals surface area contributed by atoms with E-state index in [1.165, 1.54) is 6.92 Å². The molecule has 0 aliphatic carbocycles. The van der Waals surface area contributed by atoms with Crippen LogP contribution in [0.25, 0.3) is 0 Å². The van der Waals surface area contributed by atoms with Gasteiger partial charge in [-0.05, 0) is 31.2 Å². The van der Waals surface area contributed by atoms with Crippen molar-refractivity contribution in [2.45, 2.75) is 19.9 Å². The second-order valence-corrected chi connectivity index (χ2v) is 6.49. The standard InChI is InChI=1S/C18H26N4O4/c1-13(21(3)12-17(24)22-8-10-26-11-9-22)18(25)20-16-6-4-15(5-7-16)19-14(2)23/h4-7,13H,8-12H2,1-3H3,(H,19,23)(H,20,25)/p+1/t13-/m0/s1. The van der Waals surface area contributed by atoms with Gasteiger partial charge in [0.1, 0.15) is 0 Å². The molecule has 3 N–H and O–H groups in total. The van der Waals surface area contributed by atoms with E-state index in [4.69, 9.17) is 4.74 Å². The van der Waals surface area contributed by atoms with Gasteiger partial charge in [0.15, 0.2) is 12.6 Å². The Kier molecular flexibility index (Phi) is 7.11. The van der Waals surface area contributed by atoms with Crippen LogP contribution in [0.5, 0.6) is 0 Å². The fraction of sp³-hybridized carbons (Fsp3) is 0.500. The van der Waals surface area contributed by atoms with Crippen molar-refractivity contribution >= 4 is 29.1 Å². The maximum absolute atomic E-state index is 12.4. The predicted molar refractivity (Wildman–Crippen MR) is 98.0 cm³/mol. The van der Waals surface area contributed by atoms with Gasteiger partial charge in [-0.2, -0.15) is 0 Å². The zero-order valence-electron chi connectivity index (χ0n) is 15.5. The number of carbonyl (C=O) groups is 3. The summed E-state index contributed by atoms with van der Waals surface area (Å²) in [4.78, 5) is 38.4. The summed E-state index contributed by atoms with van der Waals surface area (Å²) in [5.74, 6) is -0.278. The molecule has 26 heavy (non-hydrogen) atoms. The third kappa shape index (κ3) is 5.82. The highest BCUT2D eigenvalue weighted by molar-refractivity contribution is 5.94. The minimum absolute atomic E-state index is 0.0325. The van der Waals surface area contributed by atoms with Crippen molar-refractivity contribution in [3.05, 3.63) is 24.3 Å². The second kappa shape index (κ2) is 9.30. The number of anilines is 2. The quantitative estimate of drug-likeness (QED) is 0.626. The number of benzene rings is 1. The van der Waals surface area contributed by atoms with Gasteiger partial charge < -0.3 is 25.2 Å². The van der Waals surface area contributed by atoms with Gasteiger partial charge in [0, 0.05) is 31.4 Å². The van der Waals surface area contributed by atoms with E-state index in [1.807, 2.05) is 7.05 Å². The van der Waals surface area contributed by atoms with Crippen molar-refractivity contribution in [2.75, 3.05) is 50.5 Å². The first-order valence-corrected chi connectivity index (χ1v) is 8.73. The fourth-order valence-electron chi connectivity index (χ4n) is 2.63. The molecule has 0 spiro atoms. The molecule has 1 unspecified atom stereocenters. The summed E-state index contributed by atoms with van der Waals surface area (Å²) in [7, 11) is 1.84. The Morgan fingerprint density at radius 3 is 2.19 bits per heavy atom. The molecule has 1 aliphatic rings. The number of hydrogen-bond donors (Lipinski definition) is 3. The number of nitrogens with one attached hydrogen (secondary N) is 3. The molecule has 0 bridgehead atoms. The Hall–Kier alpha value is -2.45. The Morgan fingerprint density at radius 2 is 1.65 bits per heavy atom. The first kappa shape index (κ1) is 19.9. The van der Waals surface area contributed by atoms with Crippen LogP contribution in [-0.4, -0.2) is 68.6 Å². The molecule has 0 radical (unpaired) electrons. The largest absolute Gasteiger partial charge is 0.378 e. The van der Waals surface area contributed by atoms with E-state index in [-0.39, 0.29) is 30.3 Å². The van der Waals surface area contributed by atoms with Crippen LogP contribution in [0.3, 0.4) is 0 Å². The number of likely N-dealkylation sites (N-methyl/N-ethyl adjacent to an activating group) is 1. The number of nitrogens with zero attached hydrogens (tertiary/aromatic N) is 1. The summed E-state index contributed by atoms with van der Waals surface area (Å²) >= 11 is 0. The van der Waals surface area contributed by atoms with Crippen molar-refractivity contribution in [1.82, 2.24) is 4.90 Å². The molecule has 142 valence electrons. The molecule has 1 aromatic carbocycles. The van der Waals surface area contributed by atoms with Crippen LogP contribution < -0.4 is 15.5 Å². The van der Waals surface area contributed by atoms with Gasteiger partial charge in [-0.15, -0.1) is 0 Å². The first-order valence-electron chi connectivity index (χ1n) is 8.73. The highest BCUT2D eigenvalue weighted by Crippen LogP contribution is 2.13. The molecule has 1 aromatic rings. The molecule has 2 rings (SSSR count). The molecule has 8 heteroatoms. The maximum Gasteiger partial charge on any atom is 0.282 e. The lowest BCUT2D eigenvalue weighted by Gasteiger charge is -2.28. The lowest BCUT2D eigenvalue weighted by atomic mass is 10.2. The zero-order chi connectivity index (χ0) is 19.1. The van der Waals surface area contributed by atoms with E-state index >= 15 is 0 Å². The number of quaternary nitrogens is 1. The first-order chi connectivity index (χ1) is 12.4. The van der Waals surface area contributed by atoms with Crippen LogP contribution >= 0.6 is 0 Å². The van der Waals surface area contributed by atoms with Gasteiger partial charge >= 0.3 is 0 Å². The smallest absolute Gasteiger partial charge is 0.282 e. The van der Waals surface area contributed by atoms with E-state index in [0.717, 1.165) is 4.90 Å². The van der Waals surface area contributed by atoms with Gasteiger partial charge in [-0.25, -0.2) is 0 Å². The topological polar surface area (TPSA) is 92.2 Å². The predicted octanol–water partition coefficient (Wildman–Crippen LogP) is -0.654. The third-order valence-electron chi connectivity index (χ3n) is 4.40. The van der Waals surface area contributed by atoms with E-state index < -0.39 is 0 Å². The number of rotatable bonds is 6. The van der Waals surface area contributed by atoms with Gasteiger partial charge in [-0.3, -0.25) is 14.4 Å². The summed E-state index contributed by atoms with van der Waals surface area (Å²) in [6, 6.07) is 6.52. The highest BCUT2D eigenvalue weighted by Gasteiger charge is 2.27. The Bertz CT molecular complexity index is 641. The molecule has 1 fully saturated rings. The number of carbonyl (C=O) groups excluding carboxylic acids is 3. The summed E-state index contributed by atoms with van der Waals surface area (Å²) in [6.45, 7) is 5.83. The van der Waals surface area contributed by atoms with Crippen LogP contribution in [0.15, 0.2) is 24.3 Å². The third-order valence-corrected chi connectivity index (χ3v) is 4.40. The van der Waals surface area contributed by atoms with Crippen LogP contribution in [0, 0.1) is 0 Å². The number of hydrogen-bond acceptors (Lipinski definition) is 4. The van der Waals surface area contributed by atoms with Crippen molar-refractivity contribution in [3.63, 3.8) is 0 Å². The second-order valence-electron chi connectivity index (χ2n) is 6.49. The highest BCUT2D eigenvalue weighted by atomic mass is 16.5. The van der Waals surface area contributed by atoms with E-state index in [1.54, 1.807) is 36.1 Å². The zero-order valence-corrected chi connectivity index (χ0v) is 15.5. The molecular weight excluding hydrogens is 336 g/mol. The lowest BCUT2D eigenvalue weighted by Crippen LogP contribution is -3.15. The Morgan fingerprint density at radius 1 is 1.12 bits per heavy atom. The normalized spacial score (nSPS) is 16.5. The van der Waals surface area contributed by atoms with Gasteiger partial charge in [0.25, 0.3) is 11.8 Å². The van der Waals surface area contributed by atoms with E-state index in [2.05, 4.69) is 10.6 Å². The van der Waals surface area contributed by atoms with Gasteiger partial charge in [-0.1, -0.05) is 0 Å². The Labute approximate surface area is 153 Å². The summed E-state index contributed by atoms with van der Waals surface area (Å²) < 4.78 is 5.25. The van der Waals surface area contributed by atoms with E-state index in [9.17, 15) is 14.4 Å². The van der Waals surface area contributed by atoms with Crippen molar-refractivity contribution in [3.8, 4) is 0 Å². The summed E-state index contributed by atoms with van der Waals surface area (Å²) in [5, 5.41) is 5.51. The lowest BCUT2D eigenvalue weighted by molar-refractivity contribution is -0.886. The van der Waals surface area contributed by atoms with Crippen molar-refractivity contribution in [2.24, 2.45) is 0 Å². The molecule has 0 aromatic heterocycles. The fourth-order valence-corrected chi connectivity index (χ4v) is 2.63. The van der Waals surface area contributed by atoms with Crippen molar-refractivity contribution in [1.29, 1.82) is 0 Å².